The maximum Gasteiger partial charge on any atom is 0.145 e. The van der Waals surface area contributed by atoms with Crippen LogP contribution in [-0.2, 0) is 6.54 Å². The number of nitrogens with two attached hydrogens (primary N) is 1. The highest BCUT2D eigenvalue weighted by Crippen LogP contribution is 2.09. The molecule has 7 nitrogen and oxygen atoms in total. The molecule has 0 amide bonds. The minimum atomic E-state index is 0.227. The molecule has 17 heavy (non-hydrogen) atoms. The largest absolute Gasteiger partial charge is 0.366 e. The number of nitrogens with zero attached hydrogens (tertiary/aromatic N) is 4. The van der Waals surface area contributed by atoms with Gasteiger partial charge in [-0.05, 0) is 6.92 Å². The van der Waals surface area contributed by atoms with Gasteiger partial charge in [-0.3, -0.25) is 0 Å². The zero-order valence-electron chi connectivity index (χ0n) is 9.54. The molecule has 2 aromatic heterocycles. The molecule has 0 aliphatic rings. The number of hydrogen-bond donors (Lipinski definition) is 3. The standard InChI is InChI=1S/C10H15N7/c1-8(5-17-3-2-12-7-17)15-9-4-10(16-11)14-6-13-9/h2-4,6-8H,5,11H2,1H3,(H2,13,14,15,16). The first-order chi connectivity index (χ1) is 8.28. The lowest BCUT2D eigenvalue weighted by atomic mass is 10.3. The lowest BCUT2D eigenvalue weighted by molar-refractivity contribution is 0.617. The van der Waals surface area contributed by atoms with Gasteiger partial charge in [0.15, 0.2) is 0 Å². The van der Waals surface area contributed by atoms with E-state index in [1.165, 1.54) is 6.33 Å². The molecule has 7 heteroatoms. The van der Waals surface area contributed by atoms with Crippen LogP contribution in [0.2, 0.25) is 0 Å². The minimum Gasteiger partial charge on any atom is -0.366 e. The highest BCUT2D eigenvalue weighted by molar-refractivity contribution is 5.45. The lowest BCUT2D eigenvalue weighted by Gasteiger charge is -2.15. The van der Waals surface area contributed by atoms with Crippen LogP contribution in [0.5, 0.6) is 0 Å². The molecule has 1 unspecified atom stereocenters. The summed E-state index contributed by atoms with van der Waals surface area (Å²) >= 11 is 0. The van der Waals surface area contributed by atoms with Crippen molar-refractivity contribution in [1.29, 1.82) is 0 Å². The van der Waals surface area contributed by atoms with Crippen LogP contribution < -0.4 is 16.6 Å². The van der Waals surface area contributed by atoms with Crippen molar-refractivity contribution in [2.45, 2.75) is 19.5 Å². The molecule has 0 aromatic carbocycles. The molecule has 4 N–H and O–H groups in total. The summed E-state index contributed by atoms with van der Waals surface area (Å²) in [7, 11) is 0. The van der Waals surface area contributed by atoms with E-state index in [4.69, 9.17) is 5.84 Å². The smallest absolute Gasteiger partial charge is 0.145 e. The number of aromatic nitrogens is 4. The maximum atomic E-state index is 5.28. The van der Waals surface area contributed by atoms with Crippen LogP contribution >= 0.6 is 0 Å². The molecule has 0 spiro atoms. The Bertz CT molecular complexity index is 453. The fraction of sp³-hybridized carbons (Fsp3) is 0.300. The summed E-state index contributed by atoms with van der Waals surface area (Å²) in [6.45, 7) is 2.88. The zero-order valence-corrected chi connectivity index (χ0v) is 9.54. The molecule has 0 aliphatic heterocycles. The Morgan fingerprint density at radius 3 is 2.94 bits per heavy atom. The first kappa shape index (κ1) is 11.3. The zero-order chi connectivity index (χ0) is 12.1. The molecule has 0 saturated heterocycles. The van der Waals surface area contributed by atoms with E-state index in [1.807, 2.05) is 10.8 Å². The first-order valence-corrected chi connectivity index (χ1v) is 5.29. The van der Waals surface area contributed by atoms with Crippen molar-refractivity contribution in [3.05, 3.63) is 31.1 Å². The lowest BCUT2D eigenvalue weighted by Crippen LogP contribution is -2.22. The number of hydrazine groups is 1. The van der Waals surface area contributed by atoms with Crippen molar-refractivity contribution in [3.8, 4) is 0 Å². The van der Waals surface area contributed by atoms with Crippen molar-refractivity contribution in [2.75, 3.05) is 10.7 Å². The molecule has 0 fully saturated rings. The molecular weight excluding hydrogens is 218 g/mol. The number of nitrogens with one attached hydrogen (secondary N) is 2. The number of anilines is 2. The predicted octanol–water partition coefficient (Wildman–Crippen LogP) is 0.459. The van der Waals surface area contributed by atoms with Crippen LogP contribution in [0.3, 0.4) is 0 Å². The fourth-order valence-corrected chi connectivity index (χ4v) is 1.52. The predicted molar refractivity (Wildman–Crippen MR) is 65.2 cm³/mol. The maximum absolute atomic E-state index is 5.28. The summed E-state index contributed by atoms with van der Waals surface area (Å²) < 4.78 is 2.00. The third kappa shape index (κ3) is 3.15. The summed E-state index contributed by atoms with van der Waals surface area (Å²) in [6, 6.07) is 1.98. The quantitative estimate of drug-likeness (QED) is 0.513. The van der Waals surface area contributed by atoms with Gasteiger partial charge in [-0.2, -0.15) is 0 Å². The van der Waals surface area contributed by atoms with E-state index in [2.05, 4.69) is 32.6 Å². The molecule has 2 heterocycles. The average Bonchev–Trinajstić information content (AvgIpc) is 2.82. The van der Waals surface area contributed by atoms with Crippen LogP contribution in [0.1, 0.15) is 6.92 Å². The summed E-state index contributed by atoms with van der Waals surface area (Å²) in [6.07, 6.45) is 6.92. The Hall–Kier alpha value is -2.15. The van der Waals surface area contributed by atoms with Gasteiger partial charge in [0, 0.05) is 31.0 Å². The average molecular weight is 233 g/mol. The highest BCUT2D eigenvalue weighted by atomic mass is 15.3. The van der Waals surface area contributed by atoms with Gasteiger partial charge in [-0.25, -0.2) is 20.8 Å². The van der Waals surface area contributed by atoms with Crippen LogP contribution in [0.4, 0.5) is 11.6 Å². The van der Waals surface area contributed by atoms with Crippen molar-refractivity contribution >= 4 is 11.6 Å². The van der Waals surface area contributed by atoms with Gasteiger partial charge in [0.2, 0.25) is 0 Å². The summed E-state index contributed by atoms with van der Waals surface area (Å²) in [5.74, 6) is 6.60. The van der Waals surface area contributed by atoms with Gasteiger partial charge in [0.05, 0.1) is 6.33 Å². The van der Waals surface area contributed by atoms with Gasteiger partial charge < -0.3 is 15.3 Å². The molecule has 1 atom stereocenters. The Kier molecular flexibility index (Phi) is 3.51. The number of rotatable bonds is 5. The van der Waals surface area contributed by atoms with E-state index in [-0.39, 0.29) is 6.04 Å². The number of nitrogen functional groups attached to an aromatic ring is 1. The van der Waals surface area contributed by atoms with Gasteiger partial charge in [0.1, 0.15) is 18.0 Å². The number of hydrogen-bond acceptors (Lipinski definition) is 6. The second-order valence-electron chi connectivity index (χ2n) is 3.74. The monoisotopic (exact) mass is 233 g/mol. The topological polar surface area (TPSA) is 93.7 Å². The first-order valence-electron chi connectivity index (χ1n) is 5.29. The minimum absolute atomic E-state index is 0.227. The Morgan fingerprint density at radius 1 is 1.41 bits per heavy atom. The van der Waals surface area contributed by atoms with Gasteiger partial charge in [0.25, 0.3) is 0 Å². The van der Waals surface area contributed by atoms with Gasteiger partial charge >= 0.3 is 0 Å². The van der Waals surface area contributed by atoms with E-state index in [9.17, 15) is 0 Å². The highest BCUT2D eigenvalue weighted by Gasteiger charge is 2.04. The Labute approximate surface area is 99.1 Å². The van der Waals surface area contributed by atoms with E-state index < -0.39 is 0 Å². The van der Waals surface area contributed by atoms with Crippen molar-refractivity contribution < 1.29 is 0 Å². The van der Waals surface area contributed by atoms with E-state index in [1.54, 1.807) is 18.6 Å². The normalized spacial score (nSPS) is 12.1. The third-order valence-electron chi connectivity index (χ3n) is 2.25. The van der Waals surface area contributed by atoms with Crippen LogP contribution in [-0.4, -0.2) is 25.6 Å². The van der Waals surface area contributed by atoms with Crippen LogP contribution in [0.15, 0.2) is 31.1 Å². The Balaban J connectivity index is 1.95. The van der Waals surface area contributed by atoms with Crippen LogP contribution in [0.25, 0.3) is 0 Å². The molecule has 0 saturated carbocycles. The molecule has 2 aromatic rings. The molecule has 0 aliphatic carbocycles. The SMILES string of the molecule is CC(Cn1ccnc1)Nc1cc(NN)ncn1. The molecule has 0 radical (unpaired) electrons. The van der Waals surface area contributed by atoms with E-state index >= 15 is 0 Å². The molecule has 90 valence electrons. The third-order valence-corrected chi connectivity index (χ3v) is 2.25. The van der Waals surface area contributed by atoms with Crippen molar-refractivity contribution in [2.24, 2.45) is 5.84 Å². The van der Waals surface area contributed by atoms with Gasteiger partial charge in [-0.15, -0.1) is 0 Å². The molecule has 2 rings (SSSR count). The fourth-order valence-electron chi connectivity index (χ4n) is 1.52. The summed E-state index contributed by atoms with van der Waals surface area (Å²) in [5, 5.41) is 3.26. The second-order valence-corrected chi connectivity index (χ2v) is 3.74. The van der Waals surface area contributed by atoms with Gasteiger partial charge in [-0.1, -0.05) is 0 Å². The molecular formula is C10H15N7. The molecule has 0 bridgehead atoms. The Morgan fingerprint density at radius 2 is 2.24 bits per heavy atom. The van der Waals surface area contributed by atoms with Crippen molar-refractivity contribution in [3.63, 3.8) is 0 Å². The number of imidazole rings is 1. The summed E-state index contributed by atoms with van der Waals surface area (Å²) in [4.78, 5) is 12.0. The second kappa shape index (κ2) is 5.26. The van der Waals surface area contributed by atoms with E-state index in [0.29, 0.717) is 5.82 Å². The summed E-state index contributed by atoms with van der Waals surface area (Å²) in [5.41, 5.74) is 2.48. The van der Waals surface area contributed by atoms with E-state index in [0.717, 1.165) is 12.4 Å². The van der Waals surface area contributed by atoms with Crippen molar-refractivity contribution in [1.82, 2.24) is 19.5 Å². The van der Waals surface area contributed by atoms with Crippen LogP contribution in [0, 0.1) is 0 Å².